The van der Waals surface area contributed by atoms with E-state index in [9.17, 15) is 13.2 Å². The van der Waals surface area contributed by atoms with Gasteiger partial charge in [-0.05, 0) is 36.8 Å². The van der Waals surface area contributed by atoms with Crippen molar-refractivity contribution in [2.24, 2.45) is 4.99 Å². The van der Waals surface area contributed by atoms with E-state index in [2.05, 4.69) is 35.9 Å². The Bertz CT molecular complexity index is 995. The second-order valence-corrected chi connectivity index (χ2v) is 7.40. The van der Waals surface area contributed by atoms with Crippen molar-refractivity contribution in [1.29, 1.82) is 0 Å². The lowest BCUT2D eigenvalue weighted by Gasteiger charge is -2.14. The second-order valence-electron chi connectivity index (χ2n) is 6.56. The number of hydrogen-bond donors (Lipinski definition) is 3. The van der Waals surface area contributed by atoms with Crippen molar-refractivity contribution >= 4 is 32.5 Å². The average Bonchev–Trinajstić information content (AvgIpc) is 2.90. The summed E-state index contributed by atoms with van der Waals surface area (Å²) in [5.41, 5.74) is -1.39. The fourth-order valence-electron chi connectivity index (χ4n) is 2.62. The highest BCUT2D eigenvalue weighted by atomic mass is 31.0. The fraction of sp³-hybridized carbons (Fsp3) is 0.263. The Balaban J connectivity index is 1.99. The maximum absolute atomic E-state index is 13.7. The monoisotopic (exact) mass is 435 g/mol. The molecule has 0 saturated heterocycles. The summed E-state index contributed by atoms with van der Waals surface area (Å²) in [4.78, 5) is 17.2. The highest BCUT2D eigenvalue weighted by Crippen LogP contribution is 2.23. The Morgan fingerprint density at radius 1 is 1.13 bits per heavy atom. The van der Waals surface area contributed by atoms with Gasteiger partial charge in [-0.1, -0.05) is 21.4 Å². The predicted octanol–water partition coefficient (Wildman–Crippen LogP) is 3.75. The van der Waals surface area contributed by atoms with Crippen LogP contribution in [-0.4, -0.2) is 39.9 Å². The molecule has 11 heteroatoms. The van der Waals surface area contributed by atoms with Gasteiger partial charge in [0, 0.05) is 19.2 Å². The summed E-state index contributed by atoms with van der Waals surface area (Å²) in [5.74, 6) is 0.410. The number of alkyl halides is 2. The highest BCUT2D eigenvalue weighted by Gasteiger charge is 2.22. The van der Waals surface area contributed by atoms with E-state index in [1.807, 2.05) is 12.2 Å². The molecule has 2 aromatic rings. The number of benzene rings is 1. The molecule has 0 radical (unpaired) electrons. The standard InChI is InChI=1S/C19H21F3N7P/c1-11-7-12(20)9-13(8-11)25-18-28-16(14-5-3-4-6-15(23-2)26-14)27-17(29-18)24-10-19(21,22)30/h3-4,6-9,23H,5,10,30H2,1-2H3,(H2,24,25,27,28,29). The molecule has 1 aliphatic rings. The molecule has 0 spiro atoms. The van der Waals surface area contributed by atoms with Crippen LogP contribution < -0.4 is 16.0 Å². The van der Waals surface area contributed by atoms with E-state index < -0.39 is 18.0 Å². The third-order valence-corrected chi connectivity index (χ3v) is 4.09. The number of anilines is 3. The Morgan fingerprint density at radius 2 is 1.90 bits per heavy atom. The van der Waals surface area contributed by atoms with Crippen LogP contribution in [0.15, 0.2) is 47.2 Å². The highest BCUT2D eigenvalue weighted by molar-refractivity contribution is 7.18. The van der Waals surface area contributed by atoms with Crippen LogP contribution in [-0.2, 0) is 0 Å². The smallest absolute Gasteiger partial charge is 0.275 e. The lowest BCUT2D eigenvalue weighted by molar-refractivity contribution is 0.119. The Morgan fingerprint density at radius 3 is 2.60 bits per heavy atom. The van der Waals surface area contributed by atoms with E-state index in [0.29, 0.717) is 29.2 Å². The van der Waals surface area contributed by atoms with E-state index >= 15 is 0 Å². The molecule has 1 atom stereocenters. The van der Waals surface area contributed by atoms with Gasteiger partial charge in [0.2, 0.25) is 11.9 Å². The number of hydrogen-bond acceptors (Lipinski definition) is 7. The SMILES string of the molecule is CNC1=CC=CCC(c2nc(NCC(F)(F)P)nc(Nc3cc(C)cc(F)c3)n2)=N1. The van der Waals surface area contributed by atoms with E-state index in [0.717, 1.165) is 0 Å². The lowest BCUT2D eigenvalue weighted by Crippen LogP contribution is -2.22. The molecule has 1 aromatic heterocycles. The summed E-state index contributed by atoms with van der Waals surface area (Å²) in [6.45, 7) is 1.06. The molecular formula is C19H21F3N7P. The van der Waals surface area contributed by atoms with Gasteiger partial charge in [0.1, 0.15) is 11.6 Å². The maximum Gasteiger partial charge on any atom is 0.275 e. The zero-order valence-electron chi connectivity index (χ0n) is 16.4. The second kappa shape index (κ2) is 9.21. The maximum atomic E-state index is 13.7. The van der Waals surface area contributed by atoms with Gasteiger partial charge < -0.3 is 16.0 Å². The number of rotatable bonds is 7. The van der Waals surface area contributed by atoms with Crippen LogP contribution >= 0.6 is 9.24 Å². The predicted molar refractivity (Wildman–Crippen MR) is 115 cm³/mol. The summed E-state index contributed by atoms with van der Waals surface area (Å²) >= 11 is 0. The van der Waals surface area contributed by atoms with Crippen LogP contribution in [0.1, 0.15) is 17.8 Å². The van der Waals surface area contributed by atoms with Gasteiger partial charge in [-0.3, -0.25) is 0 Å². The Labute approximate surface area is 174 Å². The van der Waals surface area contributed by atoms with Crippen LogP contribution in [0, 0.1) is 12.7 Å². The van der Waals surface area contributed by atoms with E-state index in [1.165, 1.54) is 21.4 Å². The first-order chi connectivity index (χ1) is 14.2. The number of aromatic nitrogens is 3. The largest absolute Gasteiger partial charge is 0.373 e. The average molecular weight is 435 g/mol. The zero-order chi connectivity index (χ0) is 21.7. The number of nitrogens with one attached hydrogen (secondary N) is 3. The summed E-state index contributed by atoms with van der Waals surface area (Å²) in [5, 5.41) is 8.36. The third-order valence-electron chi connectivity index (χ3n) is 3.89. The number of aliphatic imine (C=N–C) groups is 1. The molecule has 0 fully saturated rings. The topological polar surface area (TPSA) is 87.1 Å². The van der Waals surface area contributed by atoms with Crippen LogP contribution in [0.25, 0.3) is 0 Å². The van der Waals surface area contributed by atoms with Crippen LogP contribution in [0.5, 0.6) is 0 Å². The number of allylic oxidation sites excluding steroid dienone is 3. The molecular weight excluding hydrogens is 414 g/mol. The van der Waals surface area contributed by atoms with Gasteiger partial charge in [0.25, 0.3) is 5.66 Å². The van der Waals surface area contributed by atoms with Crippen molar-refractivity contribution in [2.45, 2.75) is 19.0 Å². The van der Waals surface area contributed by atoms with Crippen LogP contribution in [0.3, 0.4) is 0 Å². The molecule has 0 saturated carbocycles. The molecule has 0 amide bonds. The molecule has 158 valence electrons. The minimum atomic E-state index is -3.04. The summed E-state index contributed by atoms with van der Waals surface area (Å²) < 4.78 is 40.3. The van der Waals surface area contributed by atoms with Crippen LogP contribution in [0.2, 0.25) is 0 Å². The summed E-state index contributed by atoms with van der Waals surface area (Å²) in [6, 6.07) is 4.38. The van der Waals surface area contributed by atoms with Gasteiger partial charge in [-0.15, -0.1) is 0 Å². The van der Waals surface area contributed by atoms with E-state index in [4.69, 9.17) is 0 Å². The van der Waals surface area contributed by atoms with Crippen molar-refractivity contribution in [3.05, 3.63) is 59.5 Å². The number of halogens is 3. The summed E-state index contributed by atoms with van der Waals surface area (Å²) in [6.07, 6.45) is 5.94. The van der Waals surface area contributed by atoms with Gasteiger partial charge >= 0.3 is 0 Å². The van der Waals surface area contributed by atoms with E-state index in [-0.39, 0.29) is 17.7 Å². The molecule has 3 rings (SSSR count). The van der Waals surface area contributed by atoms with Crippen molar-refractivity contribution in [3.8, 4) is 0 Å². The molecule has 2 heterocycles. The molecule has 0 aliphatic carbocycles. The minimum Gasteiger partial charge on any atom is -0.373 e. The first-order valence-electron chi connectivity index (χ1n) is 9.05. The summed E-state index contributed by atoms with van der Waals surface area (Å²) in [7, 11) is 3.18. The Kier molecular flexibility index (Phi) is 6.66. The quantitative estimate of drug-likeness (QED) is 0.575. The van der Waals surface area contributed by atoms with Gasteiger partial charge in [-0.25, -0.2) is 18.2 Å². The van der Waals surface area contributed by atoms with Crippen molar-refractivity contribution in [2.75, 3.05) is 24.2 Å². The third kappa shape index (κ3) is 6.25. The molecule has 0 bridgehead atoms. The molecule has 1 unspecified atom stereocenters. The van der Waals surface area contributed by atoms with Crippen LogP contribution in [0.4, 0.5) is 30.8 Å². The molecule has 1 aliphatic heterocycles. The zero-order valence-corrected chi connectivity index (χ0v) is 17.5. The van der Waals surface area contributed by atoms with Gasteiger partial charge in [0.15, 0.2) is 5.82 Å². The lowest BCUT2D eigenvalue weighted by atomic mass is 10.2. The molecule has 3 N–H and O–H groups in total. The number of aryl methyl sites for hydroxylation is 1. The minimum absolute atomic E-state index is 0.0522. The Hall–Kier alpha value is -3.00. The van der Waals surface area contributed by atoms with Crippen molar-refractivity contribution < 1.29 is 13.2 Å². The fourth-order valence-corrected chi connectivity index (χ4v) is 2.72. The van der Waals surface area contributed by atoms with Crippen molar-refractivity contribution in [1.82, 2.24) is 20.3 Å². The first-order valence-corrected chi connectivity index (χ1v) is 9.63. The molecule has 30 heavy (non-hydrogen) atoms. The molecule has 7 nitrogen and oxygen atoms in total. The van der Waals surface area contributed by atoms with Gasteiger partial charge in [-0.2, -0.15) is 15.0 Å². The molecule has 1 aromatic carbocycles. The number of nitrogens with zero attached hydrogens (tertiary/aromatic N) is 4. The normalized spacial score (nSPS) is 13.9. The van der Waals surface area contributed by atoms with Gasteiger partial charge in [0.05, 0.1) is 12.3 Å². The van der Waals surface area contributed by atoms with Crippen molar-refractivity contribution in [3.63, 3.8) is 0 Å². The van der Waals surface area contributed by atoms with E-state index in [1.54, 1.807) is 26.1 Å². The first kappa shape index (κ1) is 21.7.